The van der Waals surface area contributed by atoms with Gasteiger partial charge in [-0.3, -0.25) is 10.1 Å². The van der Waals surface area contributed by atoms with Crippen LogP contribution in [0.1, 0.15) is 19.3 Å². The summed E-state index contributed by atoms with van der Waals surface area (Å²) >= 11 is 0. The molecule has 6 heteroatoms. The number of hydrogen-bond donors (Lipinski definition) is 1. The van der Waals surface area contributed by atoms with Gasteiger partial charge in [-0.15, -0.1) is 0 Å². The van der Waals surface area contributed by atoms with Gasteiger partial charge in [0.1, 0.15) is 0 Å². The third-order valence-electron chi connectivity index (χ3n) is 2.75. The Morgan fingerprint density at radius 3 is 3.18 bits per heavy atom. The van der Waals surface area contributed by atoms with Crippen molar-refractivity contribution in [1.82, 2.24) is 4.98 Å². The van der Waals surface area contributed by atoms with E-state index in [2.05, 4.69) is 10.3 Å². The fourth-order valence-electron chi connectivity index (χ4n) is 1.86. The number of anilines is 1. The molecule has 17 heavy (non-hydrogen) atoms. The number of hydrogen-bond acceptors (Lipinski definition) is 5. The molecule has 1 aromatic rings. The summed E-state index contributed by atoms with van der Waals surface area (Å²) in [5.74, 6) is 0.312. The molecule has 2 heterocycles. The molecule has 6 nitrogen and oxygen atoms in total. The Labute approximate surface area is 99.2 Å². The molecule has 0 radical (unpaired) electrons. The molecule has 1 N–H and O–H groups in total. The highest BCUT2D eigenvalue weighted by molar-refractivity contribution is 5.55. The Balaban J connectivity index is 1.96. The molecule has 1 unspecified atom stereocenters. The van der Waals surface area contributed by atoms with E-state index in [4.69, 9.17) is 4.74 Å². The highest BCUT2D eigenvalue weighted by atomic mass is 16.6. The Morgan fingerprint density at radius 2 is 2.47 bits per heavy atom. The van der Waals surface area contributed by atoms with Crippen molar-refractivity contribution in [2.45, 2.75) is 25.4 Å². The minimum absolute atomic E-state index is 0.00306. The van der Waals surface area contributed by atoms with Crippen LogP contribution in [0.15, 0.2) is 18.3 Å². The van der Waals surface area contributed by atoms with Crippen LogP contribution in [0, 0.1) is 10.1 Å². The van der Waals surface area contributed by atoms with Crippen molar-refractivity contribution in [2.24, 2.45) is 0 Å². The summed E-state index contributed by atoms with van der Waals surface area (Å²) in [5, 5.41) is 13.8. The van der Waals surface area contributed by atoms with Gasteiger partial charge in [0.2, 0.25) is 5.82 Å². The van der Waals surface area contributed by atoms with Crippen LogP contribution in [0.25, 0.3) is 0 Å². The lowest BCUT2D eigenvalue weighted by molar-refractivity contribution is -0.384. The minimum atomic E-state index is -0.433. The predicted molar refractivity (Wildman–Crippen MR) is 63.0 cm³/mol. The first-order valence-corrected chi connectivity index (χ1v) is 5.72. The van der Waals surface area contributed by atoms with Crippen molar-refractivity contribution in [1.29, 1.82) is 0 Å². The Morgan fingerprint density at radius 1 is 1.59 bits per heavy atom. The molecule has 0 aliphatic carbocycles. The fourth-order valence-corrected chi connectivity index (χ4v) is 1.86. The molecular formula is C11H15N3O3. The maximum atomic E-state index is 10.8. The SMILES string of the molecule is O=[N+]([O-])c1cccnc1NCC1CCCCO1. The molecule has 1 saturated heterocycles. The maximum absolute atomic E-state index is 10.8. The average Bonchev–Trinajstić information content (AvgIpc) is 2.38. The molecule has 92 valence electrons. The van der Waals surface area contributed by atoms with Crippen molar-refractivity contribution >= 4 is 11.5 Å². The molecule has 0 aromatic carbocycles. The summed E-state index contributed by atoms with van der Waals surface area (Å²) in [7, 11) is 0. The highest BCUT2D eigenvalue weighted by Crippen LogP contribution is 2.21. The van der Waals surface area contributed by atoms with E-state index < -0.39 is 4.92 Å². The largest absolute Gasteiger partial charge is 0.376 e. The van der Waals surface area contributed by atoms with Gasteiger partial charge in [-0.25, -0.2) is 4.98 Å². The van der Waals surface area contributed by atoms with Gasteiger partial charge in [0.05, 0.1) is 11.0 Å². The van der Waals surface area contributed by atoms with E-state index in [-0.39, 0.29) is 11.8 Å². The number of ether oxygens (including phenoxy) is 1. The molecule has 1 aromatic heterocycles. The molecule has 0 spiro atoms. The Bertz CT molecular complexity index is 391. The number of nitro groups is 1. The summed E-state index contributed by atoms with van der Waals surface area (Å²) in [6, 6.07) is 3.00. The van der Waals surface area contributed by atoms with Crippen LogP contribution in [0.5, 0.6) is 0 Å². The number of rotatable bonds is 4. The molecule has 2 rings (SSSR count). The second-order valence-corrected chi connectivity index (χ2v) is 4.00. The summed E-state index contributed by atoms with van der Waals surface area (Å²) in [4.78, 5) is 14.3. The lowest BCUT2D eigenvalue weighted by Gasteiger charge is -2.22. The summed E-state index contributed by atoms with van der Waals surface area (Å²) in [5.41, 5.74) is 0.00306. The molecule has 0 saturated carbocycles. The number of nitrogens with zero attached hydrogens (tertiary/aromatic N) is 2. The molecule has 0 bridgehead atoms. The van der Waals surface area contributed by atoms with Crippen LogP contribution in [-0.2, 0) is 4.74 Å². The molecule has 1 fully saturated rings. The second-order valence-electron chi connectivity index (χ2n) is 4.00. The standard InChI is InChI=1S/C11H15N3O3/c15-14(16)10-5-3-6-12-11(10)13-8-9-4-1-2-7-17-9/h3,5-6,9H,1-2,4,7-8H2,(H,12,13). The van der Waals surface area contributed by atoms with E-state index in [1.54, 1.807) is 6.07 Å². The van der Waals surface area contributed by atoms with Crippen LogP contribution in [0.4, 0.5) is 11.5 Å². The molecule has 0 amide bonds. The zero-order chi connectivity index (χ0) is 12.1. The van der Waals surface area contributed by atoms with Gasteiger partial charge < -0.3 is 10.1 Å². The quantitative estimate of drug-likeness (QED) is 0.640. The van der Waals surface area contributed by atoms with E-state index in [1.807, 2.05) is 0 Å². The summed E-state index contributed by atoms with van der Waals surface area (Å²) < 4.78 is 5.54. The summed E-state index contributed by atoms with van der Waals surface area (Å²) in [6.45, 7) is 1.34. The maximum Gasteiger partial charge on any atom is 0.311 e. The van der Waals surface area contributed by atoms with Crippen LogP contribution in [0.2, 0.25) is 0 Å². The van der Waals surface area contributed by atoms with E-state index in [0.717, 1.165) is 25.9 Å². The normalized spacial score (nSPS) is 19.9. The first kappa shape index (κ1) is 11.8. The van der Waals surface area contributed by atoms with Crippen molar-refractivity contribution < 1.29 is 9.66 Å². The van der Waals surface area contributed by atoms with Gasteiger partial charge in [0.25, 0.3) is 0 Å². The highest BCUT2D eigenvalue weighted by Gasteiger charge is 2.17. The molecule has 1 atom stereocenters. The smallest absolute Gasteiger partial charge is 0.311 e. The van der Waals surface area contributed by atoms with Crippen molar-refractivity contribution in [3.63, 3.8) is 0 Å². The average molecular weight is 237 g/mol. The van der Waals surface area contributed by atoms with Crippen LogP contribution in [0.3, 0.4) is 0 Å². The monoisotopic (exact) mass is 237 g/mol. The van der Waals surface area contributed by atoms with Gasteiger partial charge in [0, 0.05) is 25.4 Å². The van der Waals surface area contributed by atoms with Crippen LogP contribution in [-0.4, -0.2) is 29.2 Å². The van der Waals surface area contributed by atoms with Crippen molar-refractivity contribution in [3.8, 4) is 0 Å². The van der Waals surface area contributed by atoms with Gasteiger partial charge in [-0.05, 0) is 25.3 Å². The topological polar surface area (TPSA) is 77.3 Å². The van der Waals surface area contributed by atoms with E-state index in [0.29, 0.717) is 12.4 Å². The zero-order valence-corrected chi connectivity index (χ0v) is 9.46. The van der Waals surface area contributed by atoms with Gasteiger partial charge in [-0.2, -0.15) is 0 Å². The lowest BCUT2D eigenvalue weighted by Crippen LogP contribution is -2.27. The van der Waals surface area contributed by atoms with Gasteiger partial charge in [0.15, 0.2) is 0 Å². The van der Waals surface area contributed by atoms with Gasteiger partial charge >= 0.3 is 5.69 Å². The minimum Gasteiger partial charge on any atom is -0.376 e. The van der Waals surface area contributed by atoms with Crippen molar-refractivity contribution in [2.75, 3.05) is 18.5 Å². The van der Waals surface area contributed by atoms with Crippen LogP contribution >= 0.6 is 0 Å². The number of nitrogens with one attached hydrogen (secondary N) is 1. The third kappa shape index (κ3) is 3.13. The third-order valence-corrected chi connectivity index (χ3v) is 2.75. The first-order valence-electron chi connectivity index (χ1n) is 5.72. The predicted octanol–water partition coefficient (Wildman–Crippen LogP) is 1.97. The van der Waals surface area contributed by atoms with Crippen molar-refractivity contribution in [3.05, 3.63) is 28.4 Å². The lowest BCUT2D eigenvalue weighted by atomic mass is 10.1. The summed E-state index contributed by atoms with van der Waals surface area (Å²) in [6.07, 6.45) is 4.91. The fraction of sp³-hybridized carbons (Fsp3) is 0.545. The van der Waals surface area contributed by atoms with E-state index in [1.165, 1.54) is 12.3 Å². The number of pyridine rings is 1. The Hall–Kier alpha value is -1.69. The van der Waals surface area contributed by atoms with Crippen LogP contribution < -0.4 is 5.32 Å². The van der Waals surface area contributed by atoms with E-state index in [9.17, 15) is 10.1 Å². The second kappa shape index (κ2) is 5.58. The number of aromatic nitrogens is 1. The van der Waals surface area contributed by atoms with E-state index >= 15 is 0 Å². The molecule has 1 aliphatic rings. The molecular weight excluding hydrogens is 222 g/mol. The first-order chi connectivity index (χ1) is 8.27. The Kier molecular flexibility index (Phi) is 3.87. The zero-order valence-electron chi connectivity index (χ0n) is 9.46. The van der Waals surface area contributed by atoms with Gasteiger partial charge in [-0.1, -0.05) is 0 Å². The molecule has 1 aliphatic heterocycles.